The summed E-state index contributed by atoms with van der Waals surface area (Å²) < 4.78 is 37.4. The maximum atomic E-state index is 6.47. The van der Waals surface area contributed by atoms with Crippen LogP contribution in [0.1, 0.15) is 66.8 Å². The van der Waals surface area contributed by atoms with Gasteiger partial charge in [0.15, 0.2) is 69.0 Å². The first-order valence-electron chi connectivity index (χ1n) is 48.9. The summed E-state index contributed by atoms with van der Waals surface area (Å²) >= 11 is 9.40. The van der Waals surface area contributed by atoms with Gasteiger partial charge in [0.1, 0.15) is 0 Å². The normalized spacial score (nSPS) is 13.0. The fourth-order valence-corrected chi connectivity index (χ4v) is 22.4. The van der Waals surface area contributed by atoms with Crippen molar-refractivity contribution in [1.82, 2.24) is 0 Å². The molecule has 0 saturated carbocycles. The Kier molecular flexibility index (Phi) is 24.4. The van der Waals surface area contributed by atoms with Crippen LogP contribution >= 0.6 is 27.5 Å². The zero-order valence-electron chi connectivity index (χ0n) is 79.2. The largest absolute Gasteiger partial charge is 0.450 e. The van der Waals surface area contributed by atoms with Crippen molar-refractivity contribution in [1.29, 1.82) is 0 Å². The summed E-state index contributed by atoms with van der Waals surface area (Å²) in [6.07, 6.45) is 0. The van der Waals surface area contributed by atoms with Crippen molar-refractivity contribution in [3.05, 3.63) is 622 Å². The van der Waals surface area contributed by atoms with E-state index in [4.69, 9.17) is 45.8 Å². The second-order valence-corrected chi connectivity index (χ2v) is 37.7. The Morgan fingerprint density at radius 3 is 0.911 bits per heavy atom. The summed E-state index contributed by atoms with van der Waals surface area (Å²) in [6, 6.07) is 190. The average molecular weight is 1970 g/mol. The number of nitrogens with two attached hydrogens (primary N) is 1. The van der Waals surface area contributed by atoms with E-state index < -0.39 is 10.8 Å². The Morgan fingerprint density at radius 1 is 0.205 bits per heavy atom. The van der Waals surface area contributed by atoms with Gasteiger partial charge in [-0.3, -0.25) is 0 Å². The second kappa shape index (κ2) is 39.4. The molecule has 0 radical (unpaired) electrons. The lowest BCUT2D eigenvalue weighted by atomic mass is 9.67. The van der Waals surface area contributed by atoms with E-state index in [1.165, 1.54) is 111 Å². The molecule has 6 aliphatic rings. The maximum Gasteiger partial charge on any atom is 0.172 e. The quantitative estimate of drug-likeness (QED) is 0.109. The smallest absolute Gasteiger partial charge is 0.172 e. The van der Waals surface area contributed by atoms with E-state index >= 15 is 0 Å². The molecule has 0 aromatic heterocycles. The number of halogens is 2. The van der Waals surface area contributed by atoms with Crippen LogP contribution < -0.4 is 44.4 Å². The third-order valence-corrected chi connectivity index (χ3v) is 28.9. The van der Waals surface area contributed by atoms with Crippen LogP contribution in [0.3, 0.4) is 0 Å². The highest BCUT2D eigenvalue weighted by atomic mass is 79.9. The minimum absolute atomic E-state index is 0.343. The Bertz CT molecular complexity index is 8460. The van der Waals surface area contributed by atoms with Gasteiger partial charge in [-0.1, -0.05) is 434 Å². The summed E-state index contributed by atoms with van der Waals surface area (Å²) in [7, 11) is 0. The van der Waals surface area contributed by atoms with Gasteiger partial charge >= 0.3 is 0 Å². The molecule has 0 spiro atoms. The van der Waals surface area contributed by atoms with E-state index in [1.54, 1.807) is 18.2 Å². The van der Waals surface area contributed by atoms with Gasteiger partial charge < -0.3 is 44.4 Å². The van der Waals surface area contributed by atoms with Crippen molar-refractivity contribution in [3.8, 4) is 125 Å². The first-order chi connectivity index (χ1) is 72.1. The van der Waals surface area contributed by atoms with Gasteiger partial charge in [-0.15, -0.1) is 0 Å². The number of nitrogens with one attached hydrogen (secondary N) is 1. The third-order valence-electron chi connectivity index (χ3n) is 28.0. The summed E-state index contributed by atoms with van der Waals surface area (Å²) in [5.74, 6) is 8.43. The summed E-state index contributed by atoms with van der Waals surface area (Å²) in [4.78, 5) is 2.36. The van der Waals surface area contributed by atoms with E-state index in [-0.39, 0.29) is 5.41 Å². The van der Waals surface area contributed by atoms with Crippen molar-refractivity contribution >= 4 is 61.7 Å². The van der Waals surface area contributed by atoms with Crippen LogP contribution in [0.15, 0.2) is 550 Å². The number of ether oxygens (including phenoxy) is 6. The fourth-order valence-electron chi connectivity index (χ4n) is 21.8. The van der Waals surface area contributed by atoms with E-state index in [0.717, 1.165) is 67.0 Å². The van der Waals surface area contributed by atoms with E-state index in [1.807, 2.05) is 121 Å². The Labute approximate surface area is 862 Å². The molecule has 3 aliphatic heterocycles. The summed E-state index contributed by atoms with van der Waals surface area (Å²) in [5, 5.41) is 4.28. The molecule has 0 bridgehead atoms. The molecular formula is C135H93BrClN3O6. The minimum Gasteiger partial charge on any atom is -0.450 e. The van der Waals surface area contributed by atoms with Crippen LogP contribution in [0, 0.1) is 0 Å². The monoisotopic (exact) mass is 1970 g/mol. The second-order valence-electron chi connectivity index (χ2n) is 36.4. The molecule has 3 N–H and O–H groups in total. The van der Waals surface area contributed by atoms with Crippen molar-refractivity contribution in [2.24, 2.45) is 0 Å². The first-order valence-corrected chi connectivity index (χ1v) is 50.0. The highest BCUT2D eigenvalue weighted by Gasteiger charge is 2.50. The third kappa shape index (κ3) is 16.6. The number of hydrogen-bond donors (Lipinski definition) is 2. The van der Waals surface area contributed by atoms with Crippen LogP contribution in [0.2, 0.25) is 5.02 Å². The lowest BCUT2D eigenvalue weighted by Gasteiger charge is -2.35. The molecule has 0 fully saturated rings. The predicted molar refractivity (Wildman–Crippen MR) is 596 cm³/mol. The Hall–Kier alpha value is -18.2. The van der Waals surface area contributed by atoms with E-state index in [9.17, 15) is 0 Å². The van der Waals surface area contributed by atoms with Crippen LogP contribution in [0.25, 0.3) is 55.6 Å². The molecule has 22 aromatic carbocycles. The fraction of sp³-hybridized carbons (Fsp3) is 0.0222. The molecule has 3 heterocycles. The highest BCUT2D eigenvalue weighted by molar-refractivity contribution is 9.10. The van der Waals surface area contributed by atoms with Gasteiger partial charge in [-0.05, 0) is 238 Å². The molecule has 3 aliphatic carbocycles. The van der Waals surface area contributed by atoms with Crippen LogP contribution in [-0.2, 0) is 16.2 Å². The maximum absolute atomic E-state index is 6.47. The van der Waals surface area contributed by atoms with Crippen LogP contribution in [-0.4, -0.2) is 0 Å². The number of fused-ring (bicyclic) bond motifs is 15. The van der Waals surface area contributed by atoms with Crippen molar-refractivity contribution < 1.29 is 28.4 Å². The first kappa shape index (κ1) is 90.4. The number of para-hydroxylation sites is 7. The molecule has 28 rings (SSSR count). The van der Waals surface area contributed by atoms with Crippen LogP contribution in [0.4, 0.5) is 34.1 Å². The topological polar surface area (TPSA) is 96.7 Å². The highest BCUT2D eigenvalue weighted by Crippen LogP contribution is 2.62. The molecule has 9 nitrogen and oxygen atoms in total. The molecule has 0 amide bonds. The Balaban J connectivity index is 0.000000107. The number of hydrogen-bond acceptors (Lipinski definition) is 9. The van der Waals surface area contributed by atoms with Gasteiger partial charge in [-0.2, -0.15) is 0 Å². The molecule has 22 aromatic rings. The zero-order chi connectivity index (χ0) is 97.9. The minimum atomic E-state index is -0.522. The van der Waals surface area contributed by atoms with Gasteiger partial charge in [-0.25, -0.2) is 0 Å². The zero-order valence-corrected chi connectivity index (χ0v) is 81.5. The van der Waals surface area contributed by atoms with Crippen molar-refractivity contribution in [2.45, 2.75) is 16.2 Å². The van der Waals surface area contributed by atoms with Crippen molar-refractivity contribution in [2.75, 3.05) is 16.0 Å². The van der Waals surface area contributed by atoms with Crippen LogP contribution in [0.5, 0.6) is 69.0 Å². The summed E-state index contributed by atoms with van der Waals surface area (Å²) in [6.45, 7) is 0. The summed E-state index contributed by atoms with van der Waals surface area (Å²) in [5.41, 5.74) is 38.3. The lowest BCUT2D eigenvalue weighted by molar-refractivity contribution is 0.359. The molecule has 146 heavy (non-hydrogen) atoms. The van der Waals surface area contributed by atoms with Gasteiger partial charge in [0.05, 0.1) is 27.6 Å². The number of rotatable bonds is 13. The molecule has 0 atom stereocenters. The van der Waals surface area contributed by atoms with E-state index in [2.05, 4.69) is 433 Å². The molecular weight excluding hydrogens is 1870 g/mol. The van der Waals surface area contributed by atoms with Gasteiger partial charge in [0, 0.05) is 56.0 Å². The SMILES string of the molecule is Brc1ccccc1-c1ccccc1.Clc1ccc2c(c1)Oc1ccccc1O2.Nc1ccc2c(c1)C(c1ccccc1)(c1ccccc1)c1ccccc1-2.c1ccc(-c2ccccc2N(c2ccc3c(c2)Oc2ccccc2O3)c2ccc3c(c2)C(c2ccccc2)(c2ccccc2)c2ccccc2-3)cc1.c1ccc(C2(c3ccccc3)c3ccccc3-c3ccc(Nc4ccc5c(c4)Oc4ccccc4O5)cc32)cc1. The van der Waals surface area contributed by atoms with Gasteiger partial charge in [0.25, 0.3) is 0 Å². The van der Waals surface area contributed by atoms with Crippen molar-refractivity contribution in [3.63, 3.8) is 0 Å². The Morgan fingerprint density at radius 2 is 0.479 bits per heavy atom. The standard InChI is InChI=1S/C49H33NO2.C37H25NO2.C25H19N.C12H9Br.C12H7ClO2/c1-4-16-34(17-5-1)39-22-11-13-25-44(39)50(38-29-31-47-48(33-38)52-46-27-15-14-26-45(46)51-47)37-28-30-41-40-23-10-12-24-42(40)49(43(41)32-37,35-18-6-2-7-19-35)36-20-8-3-9-21-36;1-3-11-25(12-4-1)37(26-13-5-2-6-14-26)31-16-8-7-15-29(31)30-21-19-27(23-32(30)37)38-28-20-22-35-36(24-28)40-34-18-10-9-17-33(34)39-35;26-20-15-16-22-21-13-7-8-14-23(21)25(24(22)17-20,18-9-3-1-4-10-18)19-11-5-2-6-12-19;13-12-9-5-4-8-11(12)10-6-2-1-3-7-10;13-8-5-6-11-12(7-8)15-10-4-2-1-3-9(10)14-11/h1-33H;1-24,38H;1-17H,26H2;1-9H;1-7H. The lowest BCUT2D eigenvalue weighted by Crippen LogP contribution is -2.28. The number of benzene rings is 22. The molecule has 0 unspecified atom stereocenters. The molecule has 0 saturated heterocycles. The number of anilines is 6. The predicted octanol–water partition coefficient (Wildman–Crippen LogP) is 36.8. The van der Waals surface area contributed by atoms with E-state index in [0.29, 0.717) is 56.8 Å². The number of nitrogens with zero attached hydrogens (tertiary/aromatic N) is 1. The number of nitrogen functional groups attached to an aromatic ring is 1. The molecule has 11 heteroatoms. The van der Waals surface area contributed by atoms with Gasteiger partial charge in [0.2, 0.25) is 0 Å². The molecule has 698 valence electrons. The average Bonchev–Trinajstić information content (AvgIpc) is 1.54.